The number of halogens is 1. The van der Waals surface area contributed by atoms with Crippen LogP contribution in [-0.4, -0.2) is 50.6 Å². The number of amides is 2. The number of hydrogen-bond donors (Lipinski definition) is 0. The lowest BCUT2D eigenvalue weighted by atomic mass is 9.97. The topological polar surface area (TPSA) is 68.3 Å². The van der Waals surface area contributed by atoms with E-state index in [4.69, 9.17) is 25.8 Å². The first kappa shape index (κ1) is 20.5. The lowest BCUT2D eigenvalue weighted by Crippen LogP contribution is -2.44. The molecule has 4 rings (SSSR count). The van der Waals surface area contributed by atoms with Gasteiger partial charge in [0.2, 0.25) is 5.91 Å². The Kier molecular flexibility index (Phi) is 5.58. The summed E-state index contributed by atoms with van der Waals surface area (Å²) in [6.07, 6.45) is 0.910. The molecule has 0 unspecified atom stereocenters. The molecule has 158 valence electrons. The zero-order valence-corrected chi connectivity index (χ0v) is 17.9. The molecule has 0 aromatic heterocycles. The number of nitrogens with zero attached hydrogens (tertiary/aromatic N) is 2. The van der Waals surface area contributed by atoms with Crippen molar-refractivity contribution in [1.82, 2.24) is 4.90 Å². The van der Waals surface area contributed by atoms with E-state index in [2.05, 4.69) is 4.90 Å². The Morgan fingerprint density at radius 2 is 1.60 bits per heavy atom. The minimum absolute atomic E-state index is 0.144. The molecule has 0 bridgehead atoms. The third kappa shape index (κ3) is 3.48. The van der Waals surface area contributed by atoms with Gasteiger partial charge in [0.25, 0.3) is 5.91 Å². The van der Waals surface area contributed by atoms with Gasteiger partial charge in [-0.25, -0.2) is 4.90 Å². The summed E-state index contributed by atoms with van der Waals surface area (Å²) in [7, 11) is 4.73. The summed E-state index contributed by atoms with van der Waals surface area (Å²) in [6.45, 7) is 1.25. The van der Waals surface area contributed by atoms with Gasteiger partial charge in [-0.1, -0.05) is 11.6 Å². The second-order valence-electron chi connectivity index (χ2n) is 7.30. The fourth-order valence-electron chi connectivity index (χ4n) is 4.14. The van der Waals surface area contributed by atoms with Crippen molar-refractivity contribution in [2.75, 3.05) is 32.8 Å². The van der Waals surface area contributed by atoms with Crippen molar-refractivity contribution in [2.45, 2.75) is 25.4 Å². The number of ether oxygens (including phenoxy) is 3. The first-order valence-corrected chi connectivity index (χ1v) is 10.0. The Morgan fingerprint density at radius 1 is 0.933 bits per heavy atom. The quantitative estimate of drug-likeness (QED) is 0.679. The highest BCUT2D eigenvalue weighted by Crippen LogP contribution is 2.36. The van der Waals surface area contributed by atoms with Gasteiger partial charge in [-0.2, -0.15) is 0 Å². The third-order valence-electron chi connectivity index (χ3n) is 5.70. The summed E-state index contributed by atoms with van der Waals surface area (Å²) >= 11 is 6.19. The van der Waals surface area contributed by atoms with Crippen LogP contribution in [0.25, 0.3) is 0 Å². The standard InChI is InChI=1S/C22H23ClN2O5/c1-28-18-5-4-15(10-16(18)23)25-21(26)11-17(22(25)27)24-7-6-13-8-19(29-2)20(30-3)9-14(13)12-24/h4-5,8-10,17H,6-7,11-12H2,1-3H3/t17-/m0/s1. The van der Waals surface area contributed by atoms with Crippen LogP contribution in [0.2, 0.25) is 5.02 Å². The smallest absolute Gasteiger partial charge is 0.251 e. The lowest BCUT2D eigenvalue weighted by Gasteiger charge is -2.32. The fourth-order valence-corrected chi connectivity index (χ4v) is 4.39. The highest BCUT2D eigenvalue weighted by molar-refractivity contribution is 6.33. The molecule has 2 aromatic carbocycles. The molecule has 2 aromatic rings. The fraction of sp³-hybridized carbons (Fsp3) is 0.364. The number of methoxy groups -OCH3 is 3. The zero-order valence-electron chi connectivity index (χ0n) is 17.1. The van der Waals surface area contributed by atoms with E-state index in [0.29, 0.717) is 41.0 Å². The highest BCUT2D eigenvalue weighted by atomic mass is 35.5. The van der Waals surface area contributed by atoms with Crippen LogP contribution in [0.15, 0.2) is 30.3 Å². The molecule has 0 saturated carbocycles. The number of fused-ring (bicyclic) bond motifs is 1. The number of carbonyl (C=O) groups excluding carboxylic acids is 2. The normalized spacial score (nSPS) is 19.1. The van der Waals surface area contributed by atoms with E-state index in [0.717, 1.165) is 12.0 Å². The summed E-state index contributed by atoms with van der Waals surface area (Å²) < 4.78 is 15.9. The minimum atomic E-state index is -0.500. The second-order valence-corrected chi connectivity index (χ2v) is 7.71. The summed E-state index contributed by atoms with van der Waals surface area (Å²) in [5.41, 5.74) is 2.70. The molecule has 2 aliphatic heterocycles. The molecule has 2 heterocycles. The van der Waals surface area contributed by atoms with Crippen LogP contribution >= 0.6 is 11.6 Å². The molecule has 1 fully saturated rings. The van der Waals surface area contributed by atoms with E-state index in [1.165, 1.54) is 17.6 Å². The van der Waals surface area contributed by atoms with Crippen LogP contribution < -0.4 is 19.1 Å². The Hall–Kier alpha value is -2.77. The highest BCUT2D eigenvalue weighted by Gasteiger charge is 2.43. The van der Waals surface area contributed by atoms with Crippen LogP contribution in [-0.2, 0) is 22.6 Å². The largest absolute Gasteiger partial charge is 0.495 e. The molecule has 0 aliphatic carbocycles. The van der Waals surface area contributed by atoms with Gasteiger partial charge in [-0.3, -0.25) is 14.5 Å². The third-order valence-corrected chi connectivity index (χ3v) is 6.00. The van der Waals surface area contributed by atoms with Crippen LogP contribution in [0.5, 0.6) is 17.2 Å². The van der Waals surface area contributed by atoms with Gasteiger partial charge in [0.1, 0.15) is 5.75 Å². The maximum atomic E-state index is 13.2. The van der Waals surface area contributed by atoms with Crippen molar-refractivity contribution in [3.63, 3.8) is 0 Å². The summed E-state index contributed by atoms with van der Waals surface area (Å²) in [5, 5.41) is 0.354. The summed E-state index contributed by atoms with van der Waals surface area (Å²) in [5.74, 6) is 1.38. The molecule has 8 heteroatoms. The molecule has 2 amide bonds. The molecule has 2 aliphatic rings. The van der Waals surface area contributed by atoms with Gasteiger partial charge in [0.05, 0.1) is 44.5 Å². The molecule has 0 radical (unpaired) electrons. The SMILES string of the molecule is COc1ccc(N2C(=O)C[C@H](N3CCc4cc(OC)c(OC)cc4C3)C2=O)cc1Cl. The number of carbonyl (C=O) groups is 2. The molecule has 30 heavy (non-hydrogen) atoms. The van der Waals surface area contributed by atoms with Gasteiger partial charge in [0.15, 0.2) is 11.5 Å². The van der Waals surface area contributed by atoms with Gasteiger partial charge >= 0.3 is 0 Å². The summed E-state index contributed by atoms with van der Waals surface area (Å²) in [4.78, 5) is 29.1. The average molecular weight is 431 g/mol. The van der Waals surface area contributed by atoms with Crippen molar-refractivity contribution < 1.29 is 23.8 Å². The molecule has 1 atom stereocenters. The number of rotatable bonds is 5. The number of hydrogen-bond acceptors (Lipinski definition) is 6. The van der Waals surface area contributed by atoms with E-state index in [1.807, 2.05) is 12.1 Å². The number of anilines is 1. The summed E-state index contributed by atoms with van der Waals surface area (Å²) in [6, 6.07) is 8.34. The predicted molar refractivity (Wildman–Crippen MR) is 113 cm³/mol. The Labute approximate surface area is 180 Å². The maximum absolute atomic E-state index is 13.2. The Morgan fingerprint density at radius 3 is 2.23 bits per heavy atom. The van der Waals surface area contributed by atoms with E-state index in [-0.39, 0.29) is 18.2 Å². The van der Waals surface area contributed by atoms with E-state index >= 15 is 0 Å². The van der Waals surface area contributed by atoms with Gasteiger partial charge in [0, 0.05) is 13.1 Å². The number of imide groups is 1. The Bertz CT molecular complexity index is 1010. The monoisotopic (exact) mass is 430 g/mol. The van der Waals surface area contributed by atoms with Crippen molar-refractivity contribution in [3.8, 4) is 17.2 Å². The van der Waals surface area contributed by atoms with Crippen LogP contribution in [0.1, 0.15) is 17.5 Å². The minimum Gasteiger partial charge on any atom is -0.495 e. The van der Waals surface area contributed by atoms with Crippen molar-refractivity contribution in [1.29, 1.82) is 0 Å². The Balaban J connectivity index is 1.57. The zero-order chi connectivity index (χ0) is 21.4. The van der Waals surface area contributed by atoms with Gasteiger partial charge < -0.3 is 14.2 Å². The first-order chi connectivity index (χ1) is 14.5. The molecular weight excluding hydrogens is 408 g/mol. The lowest BCUT2D eigenvalue weighted by molar-refractivity contribution is -0.123. The number of benzene rings is 2. The van der Waals surface area contributed by atoms with Crippen molar-refractivity contribution >= 4 is 29.1 Å². The first-order valence-electron chi connectivity index (χ1n) is 9.65. The predicted octanol–water partition coefficient (Wildman–Crippen LogP) is 3.06. The van der Waals surface area contributed by atoms with Gasteiger partial charge in [-0.05, 0) is 47.9 Å². The van der Waals surface area contributed by atoms with Crippen molar-refractivity contribution in [2.24, 2.45) is 0 Å². The van der Waals surface area contributed by atoms with Crippen LogP contribution in [0.4, 0.5) is 5.69 Å². The average Bonchev–Trinajstić information content (AvgIpc) is 3.06. The van der Waals surface area contributed by atoms with Gasteiger partial charge in [-0.15, -0.1) is 0 Å². The maximum Gasteiger partial charge on any atom is 0.251 e. The van der Waals surface area contributed by atoms with E-state index < -0.39 is 6.04 Å². The van der Waals surface area contributed by atoms with E-state index in [9.17, 15) is 9.59 Å². The van der Waals surface area contributed by atoms with Crippen LogP contribution in [0.3, 0.4) is 0 Å². The molecule has 0 spiro atoms. The van der Waals surface area contributed by atoms with E-state index in [1.54, 1.807) is 32.4 Å². The molecule has 0 N–H and O–H groups in total. The van der Waals surface area contributed by atoms with Crippen molar-refractivity contribution in [3.05, 3.63) is 46.5 Å². The second kappa shape index (κ2) is 8.16. The molecular formula is C22H23ClN2O5. The van der Waals surface area contributed by atoms with Crippen LogP contribution in [0, 0.1) is 0 Å². The molecule has 1 saturated heterocycles. The molecule has 7 nitrogen and oxygen atoms in total.